The van der Waals surface area contributed by atoms with E-state index >= 15 is 0 Å². The maximum Gasteiger partial charge on any atom is 0.270 e. The minimum Gasteiger partial charge on any atom is -0.258 e. The minimum absolute atomic E-state index is 0.0899. The fourth-order valence-corrected chi connectivity index (χ4v) is 3.04. The zero-order chi connectivity index (χ0) is 19.4. The normalized spacial score (nSPS) is 10.3. The Hall–Kier alpha value is -3.51. The minimum atomic E-state index is -0.495. The molecule has 0 bridgehead atoms. The SMILES string of the molecule is O=[N+]([O-])c1cccc(C(=C(Cl)c2ccccc2)c2cccc([N+](=O)[O-])c2)c1. The molecular weight excluding hydrogens is 368 g/mol. The largest absolute Gasteiger partial charge is 0.270 e. The number of non-ortho nitro benzene ring substituents is 2. The molecule has 0 radical (unpaired) electrons. The lowest BCUT2D eigenvalue weighted by Crippen LogP contribution is -1.96. The van der Waals surface area contributed by atoms with Gasteiger partial charge in [-0.25, -0.2) is 0 Å². The molecular formula is C20H13ClN2O4. The smallest absolute Gasteiger partial charge is 0.258 e. The molecule has 0 saturated heterocycles. The van der Waals surface area contributed by atoms with Gasteiger partial charge in [-0.2, -0.15) is 0 Å². The number of halogens is 1. The maximum absolute atomic E-state index is 11.2. The van der Waals surface area contributed by atoms with E-state index in [2.05, 4.69) is 0 Å². The summed E-state index contributed by atoms with van der Waals surface area (Å²) in [6, 6.07) is 21.1. The third-order valence-electron chi connectivity index (χ3n) is 3.94. The summed E-state index contributed by atoms with van der Waals surface area (Å²) >= 11 is 6.65. The summed E-state index contributed by atoms with van der Waals surface area (Å²) in [4.78, 5) is 21.3. The van der Waals surface area contributed by atoms with Gasteiger partial charge in [-0.05, 0) is 16.7 Å². The van der Waals surface area contributed by atoms with Crippen molar-refractivity contribution in [2.75, 3.05) is 0 Å². The second-order valence-corrected chi connectivity index (χ2v) is 6.05. The van der Waals surface area contributed by atoms with Crippen LogP contribution >= 0.6 is 11.6 Å². The van der Waals surface area contributed by atoms with Crippen LogP contribution in [0.1, 0.15) is 16.7 Å². The number of hydrogen-bond donors (Lipinski definition) is 0. The Morgan fingerprint density at radius 3 is 1.56 bits per heavy atom. The van der Waals surface area contributed by atoms with E-state index in [0.717, 1.165) is 0 Å². The average molecular weight is 381 g/mol. The van der Waals surface area contributed by atoms with Crippen molar-refractivity contribution in [2.45, 2.75) is 0 Å². The molecule has 0 unspecified atom stereocenters. The van der Waals surface area contributed by atoms with Gasteiger partial charge >= 0.3 is 0 Å². The van der Waals surface area contributed by atoms with Gasteiger partial charge in [-0.15, -0.1) is 0 Å². The Balaban J connectivity index is 2.28. The first kappa shape index (κ1) is 18.3. The van der Waals surface area contributed by atoms with Gasteiger partial charge in [-0.1, -0.05) is 66.2 Å². The molecule has 134 valence electrons. The van der Waals surface area contributed by atoms with E-state index < -0.39 is 9.85 Å². The zero-order valence-corrected chi connectivity index (χ0v) is 14.7. The fourth-order valence-electron chi connectivity index (χ4n) is 2.70. The summed E-state index contributed by atoms with van der Waals surface area (Å²) in [5, 5.41) is 22.7. The van der Waals surface area contributed by atoms with Crippen LogP contribution in [0.3, 0.4) is 0 Å². The quantitative estimate of drug-likeness (QED) is 0.324. The van der Waals surface area contributed by atoms with Gasteiger partial charge in [0.05, 0.1) is 14.9 Å². The molecule has 0 aliphatic carbocycles. The molecule has 0 aliphatic heterocycles. The molecule has 6 nitrogen and oxygen atoms in total. The van der Waals surface area contributed by atoms with Crippen LogP contribution in [0, 0.1) is 20.2 Å². The first-order valence-corrected chi connectivity index (χ1v) is 8.30. The monoisotopic (exact) mass is 380 g/mol. The average Bonchev–Trinajstić information content (AvgIpc) is 2.69. The number of hydrogen-bond acceptors (Lipinski definition) is 4. The second kappa shape index (κ2) is 7.80. The lowest BCUT2D eigenvalue weighted by molar-refractivity contribution is -0.385. The van der Waals surface area contributed by atoms with Crippen molar-refractivity contribution in [3.05, 3.63) is 116 Å². The van der Waals surface area contributed by atoms with Gasteiger partial charge in [0.15, 0.2) is 0 Å². The highest BCUT2D eigenvalue weighted by molar-refractivity contribution is 6.53. The highest BCUT2D eigenvalue weighted by Crippen LogP contribution is 2.36. The van der Waals surface area contributed by atoms with E-state index in [9.17, 15) is 20.2 Å². The third-order valence-corrected chi connectivity index (χ3v) is 4.35. The predicted octanol–water partition coefficient (Wildman–Crippen LogP) is 5.66. The van der Waals surface area contributed by atoms with Gasteiger partial charge < -0.3 is 0 Å². The van der Waals surface area contributed by atoms with Gasteiger partial charge in [-0.3, -0.25) is 20.2 Å². The second-order valence-electron chi connectivity index (χ2n) is 5.67. The number of nitro benzene ring substituents is 2. The molecule has 3 aromatic rings. The predicted molar refractivity (Wildman–Crippen MR) is 104 cm³/mol. The lowest BCUT2D eigenvalue weighted by Gasteiger charge is -2.12. The van der Waals surface area contributed by atoms with Gasteiger partial charge in [0, 0.05) is 29.8 Å². The van der Waals surface area contributed by atoms with Crippen LogP contribution < -0.4 is 0 Å². The van der Waals surface area contributed by atoms with E-state index in [1.54, 1.807) is 36.4 Å². The molecule has 0 saturated carbocycles. The van der Waals surface area contributed by atoms with E-state index in [4.69, 9.17) is 11.6 Å². The molecule has 0 amide bonds. The molecule has 0 N–H and O–H groups in total. The van der Waals surface area contributed by atoms with Crippen LogP contribution in [0.15, 0.2) is 78.9 Å². The number of benzene rings is 3. The third kappa shape index (κ3) is 4.02. The van der Waals surface area contributed by atoms with E-state index in [-0.39, 0.29) is 11.4 Å². The molecule has 0 fully saturated rings. The summed E-state index contributed by atoms with van der Waals surface area (Å²) in [5.41, 5.74) is 2.00. The molecule has 0 aliphatic rings. The van der Waals surface area contributed by atoms with Crippen LogP contribution in [-0.4, -0.2) is 9.85 Å². The number of rotatable bonds is 5. The van der Waals surface area contributed by atoms with Gasteiger partial charge in [0.2, 0.25) is 0 Å². The molecule has 0 spiro atoms. The topological polar surface area (TPSA) is 86.3 Å². The highest BCUT2D eigenvalue weighted by Gasteiger charge is 2.17. The molecule has 7 heteroatoms. The van der Waals surface area contributed by atoms with Crippen LogP contribution in [0.4, 0.5) is 11.4 Å². The van der Waals surface area contributed by atoms with Crippen molar-refractivity contribution < 1.29 is 9.85 Å². The van der Waals surface area contributed by atoms with Crippen molar-refractivity contribution in [2.24, 2.45) is 0 Å². The van der Waals surface area contributed by atoms with Gasteiger partial charge in [0.25, 0.3) is 11.4 Å². The Morgan fingerprint density at radius 1 is 0.667 bits per heavy atom. The Labute approximate surface area is 159 Å². The summed E-state index contributed by atoms with van der Waals surface area (Å²) < 4.78 is 0. The highest BCUT2D eigenvalue weighted by atomic mass is 35.5. The fraction of sp³-hybridized carbons (Fsp3) is 0. The molecule has 3 aromatic carbocycles. The molecule has 3 rings (SSSR count). The first-order chi connectivity index (χ1) is 13.0. The van der Waals surface area contributed by atoms with Crippen LogP contribution in [0.2, 0.25) is 0 Å². The zero-order valence-electron chi connectivity index (χ0n) is 13.9. The molecule has 0 heterocycles. The van der Waals surface area contributed by atoms with Crippen LogP contribution in [-0.2, 0) is 0 Å². The van der Waals surface area contributed by atoms with Crippen molar-refractivity contribution in [3.8, 4) is 0 Å². The summed E-state index contributed by atoms with van der Waals surface area (Å²) in [6.45, 7) is 0. The van der Waals surface area contributed by atoms with Crippen molar-refractivity contribution >= 4 is 33.6 Å². The van der Waals surface area contributed by atoms with E-state index in [1.807, 2.05) is 18.2 Å². The van der Waals surface area contributed by atoms with E-state index in [1.165, 1.54) is 24.3 Å². The molecule has 0 atom stereocenters. The Kier molecular flexibility index (Phi) is 5.28. The van der Waals surface area contributed by atoms with Crippen molar-refractivity contribution in [1.82, 2.24) is 0 Å². The van der Waals surface area contributed by atoms with Gasteiger partial charge in [0.1, 0.15) is 0 Å². The first-order valence-electron chi connectivity index (χ1n) is 7.92. The summed E-state index contributed by atoms with van der Waals surface area (Å²) in [7, 11) is 0. The van der Waals surface area contributed by atoms with Crippen molar-refractivity contribution in [3.63, 3.8) is 0 Å². The van der Waals surface area contributed by atoms with Crippen molar-refractivity contribution in [1.29, 1.82) is 0 Å². The molecule has 0 aromatic heterocycles. The Morgan fingerprint density at radius 2 is 1.11 bits per heavy atom. The summed E-state index contributed by atoms with van der Waals surface area (Å²) in [6.07, 6.45) is 0. The number of nitro groups is 2. The van der Waals surface area contributed by atoms with E-state index in [0.29, 0.717) is 27.3 Å². The number of nitrogens with zero attached hydrogens (tertiary/aromatic N) is 2. The molecule has 27 heavy (non-hydrogen) atoms. The van der Waals surface area contributed by atoms with Crippen LogP contribution in [0.5, 0.6) is 0 Å². The standard InChI is InChI=1S/C20H13ClN2O4/c21-20(14-6-2-1-3-7-14)19(15-8-4-10-17(12-15)22(24)25)16-9-5-11-18(13-16)23(26)27/h1-13H. The lowest BCUT2D eigenvalue weighted by atomic mass is 9.94. The Bertz CT molecular complexity index is 989. The maximum atomic E-state index is 11.2. The van der Waals surface area contributed by atoms with Crippen LogP contribution in [0.25, 0.3) is 10.6 Å². The summed E-state index contributed by atoms with van der Waals surface area (Å²) in [5.74, 6) is 0.